The number of hydrogen-bond donors (Lipinski definition) is 2. The fourth-order valence-corrected chi connectivity index (χ4v) is 2.89. The maximum Gasteiger partial charge on any atom is 0.573 e. The molecule has 0 aromatic heterocycles. The summed E-state index contributed by atoms with van der Waals surface area (Å²) in [6.45, 7) is 3.49. The Hall–Kier alpha value is -3.01. The third kappa shape index (κ3) is 4.76. The zero-order valence-electron chi connectivity index (χ0n) is 12.9. The highest BCUT2D eigenvalue weighted by molar-refractivity contribution is 7.90. The minimum Gasteiger partial charge on any atom is -0.507 e. The number of carbonyl (C=O) groups is 1. The highest BCUT2D eigenvalue weighted by atomic mass is 32.2. The molecule has 10 heteroatoms. The van der Waals surface area contributed by atoms with Crippen LogP contribution in [0.5, 0.6) is 11.5 Å². The monoisotopic (exact) mass is 387 g/mol. The summed E-state index contributed by atoms with van der Waals surface area (Å²) in [4.78, 5) is 11.7. The van der Waals surface area contributed by atoms with Crippen molar-refractivity contribution in [3.8, 4) is 11.5 Å². The van der Waals surface area contributed by atoms with Crippen LogP contribution < -0.4 is 9.46 Å². The van der Waals surface area contributed by atoms with Crippen molar-refractivity contribution < 1.29 is 36.2 Å². The second kappa shape index (κ2) is 7.08. The number of amides is 1. The van der Waals surface area contributed by atoms with Crippen molar-refractivity contribution in [2.45, 2.75) is 11.3 Å². The fraction of sp³-hybridized carbons (Fsp3) is 0.0625. The van der Waals surface area contributed by atoms with E-state index >= 15 is 0 Å². The van der Waals surface area contributed by atoms with Crippen LogP contribution in [0.2, 0.25) is 0 Å². The number of ether oxygens (including phenoxy) is 1. The van der Waals surface area contributed by atoms with Crippen LogP contribution in [0.25, 0.3) is 6.08 Å². The first-order valence-corrected chi connectivity index (χ1v) is 8.38. The number of halogens is 3. The molecular formula is C16H12F3NO5S. The summed E-state index contributed by atoms with van der Waals surface area (Å²) in [5, 5.41) is 9.70. The van der Waals surface area contributed by atoms with E-state index in [9.17, 15) is 31.5 Å². The summed E-state index contributed by atoms with van der Waals surface area (Å²) in [7, 11) is -4.38. The van der Waals surface area contributed by atoms with Gasteiger partial charge in [-0.3, -0.25) is 4.79 Å². The van der Waals surface area contributed by atoms with Gasteiger partial charge in [-0.15, -0.1) is 13.2 Å². The molecule has 0 saturated carbocycles. The van der Waals surface area contributed by atoms with Crippen LogP contribution in [-0.2, 0) is 10.0 Å². The summed E-state index contributed by atoms with van der Waals surface area (Å²) < 4.78 is 66.0. The number of sulfonamides is 1. The molecule has 0 radical (unpaired) electrons. The van der Waals surface area contributed by atoms with E-state index in [1.807, 2.05) is 0 Å². The maximum atomic E-state index is 12.2. The van der Waals surface area contributed by atoms with Gasteiger partial charge in [-0.05, 0) is 42.0 Å². The van der Waals surface area contributed by atoms with Crippen molar-refractivity contribution in [3.05, 3.63) is 60.2 Å². The van der Waals surface area contributed by atoms with Gasteiger partial charge in [0.25, 0.3) is 15.9 Å². The largest absolute Gasteiger partial charge is 0.573 e. The summed E-state index contributed by atoms with van der Waals surface area (Å²) in [5.74, 6) is -2.17. The lowest BCUT2D eigenvalue weighted by Gasteiger charge is -2.11. The summed E-state index contributed by atoms with van der Waals surface area (Å²) in [6.07, 6.45) is -3.52. The normalized spacial score (nSPS) is 11.7. The van der Waals surface area contributed by atoms with Gasteiger partial charge in [-0.2, -0.15) is 0 Å². The Labute approximate surface area is 146 Å². The second-order valence-corrected chi connectivity index (χ2v) is 6.62. The lowest BCUT2D eigenvalue weighted by atomic mass is 10.1. The Kier molecular flexibility index (Phi) is 5.26. The molecule has 0 aliphatic heterocycles. The highest BCUT2D eigenvalue weighted by Crippen LogP contribution is 2.24. The molecule has 6 nitrogen and oxygen atoms in total. The molecule has 0 aliphatic carbocycles. The summed E-state index contributed by atoms with van der Waals surface area (Å²) >= 11 is 0. The number of aromatic hydroxyl groups is 1. The SMILES string of the molecule is C=Cc1ccc(O)c(C(=O)NS(=O)(=O)c2ccc(OC(F)(F)F)cc2)c1. The average Bonchev–Trinajstić information content (AvgIpc) is 2.53. The molecule has 0 unspecified atom stereocenters. The number of hydrogen-bond acceptors (Lipinski definition) is 5. The highest BCUT2D eigenvalue weighted by Gasteiger charge is 2.31. The molecular weight excluding hydrogens is 375 g/mol. The molecule has 1 amide bonds. The van der Waals surface area contributed by atoms with Gasteiger partial charge in [-0.1, -0.05) is 18.7 Å². The zero-order valence-corrected chi connectivity index (χ0v) is 13.8. The minimum atomic E-state index is -4.91. The average molecular weight is 387 g/mol. The predicted octanol–water partition coefficient (Wildman–Crippen LogP) is 3.05. The van der Waals surface area contributed by atoms with Crippen LogP contribution in [0.3, 0.4) is 0 Å². The number of carbonyl (C=O) groups excluding carboxylic acids is 1. The van der Waals surface area contributed by atoms with Gasteiger partial charge in [0, 0.05) is 0 Å². The van der Waals surface area contributed by atoms with Gasteiger partial charge in [-0.25, -0.2) is 13.1 Å². The molecule has 2 rings (SSSR count). The first-order chi connectivity index (χ1) is 12.0. The first kappa shape index (κ1) is 19.3. The fourth-order valence-electron chi connectivity index (χ4n) is 1.92. The Balaban J connectivity index is 2.23. The van der Waals surface area contributed by atoms with E-state index in [4.69, 9.17) is 0 Å². The zero-order chi connectivity index (χ0) is 19.5. The van der Waals surface area contributed by atoms with Crippen LogP contribution in [-0.4, -0.2) is 25.8 Å². The number of nitrogens with one attached hydrogen (secondary N) is 1. The number of phenols is 1. The molecule has 0 bridgehead atoms. The Morgan fingerprint density at radius 2 is 1.77 bits per heavy atom. The van der Waals surface area contributed by atoms with Crippen molar-refractivity contribution in [2.24, 2.45) is 0 Å². The van der Waals surface area contributed by atoms with Crippen molar-refractivity contribution in [1.29, 1.82) is 0 Å². The second-order valence-electron chi connectivity index (χ2n) is 4.93. The van der Waals surface area contributed by atoms with Crippen LogP contribution >= 0.6 is 0 Å². The Bertz CT molecular complexity index is 937. The first-order valence-electron chi connectivity index (χ1n) is 6.90. The van der Waals surface area contributed by atoms with Gasteiger partial charge in [0.05, 0.1) is 10.5 Å². The molecule has 0 saturated heterocycles. The van der Waals surface area contributed by atoms with E-state index in [-0.39, 0.29) is 5.56 Å². The lowest BCUT2D eigenvalue weighted by molar-refractivity contribution is -0.274. The van der Waals surface area contributed by atoms with E-state index in [1.165, 1.54) is 24.3 Å². The van der Waals surface area contributed by atoms with E-state index in [0.29, 0.717) is 5.56 Å². The minimum absolute atomic E-state index is 0.303. The molecule has 0 spiro atoms. The van der Waals surface area contributed by atoms with Crippen LogP contribution in [0.4, 0.5) is 13.2 Å². The molecule has 26 heavy (non-hydrogen) atoms. The predicted molar refractivity (Wildman–Crippen MR) is 86.0 cm³/mol. The lowest BCUT2D eigenvalue weighted by Crippen LogP contribution is -2.30. The molecule has 0 aliphatic rings. The standard InChI is InChI=1S/C16H12F3NO5S/c1-2-10-3-8-14(21)13(9-10)15(22)20-26(23,24)12-6-4-11(5-7-12)25-16(17,18)19/h2-9,21H,1H2,(H,20,22). The van der Waals surface area contributed by atoms with Crippen molar-refractivity contribution >= 4 is 22.0 Å². The van der Waals surface area contributed by atoms with E-state index in [0.717, 1.165) is 24.3 Å². The smallest absolute Gasteiger partial charge is 0.507 e. The van der Waals surface area contributed by atoms with Gasteiger partial charge in [0.1, 0.15) is 11.5 Å². The Morgan fingerprint density at radius 1 is 1.15 bits per heavy atom. The van der Waals surface area contributed by atoms with Crippen molar-refractivity contribution in [1.82, 2.24) is 4.72 Å². The molecule has 0 heterocycles. The van der Waals surface area contributed by atoms with E-state index in [2.05, 4.69) is 11.3 Å². The topological polar surface area (TPSA) is 92.7 Å². The molecule has 0 atom stereocenters. The third-order valence-electron chi connectivity index (χ3n) is 3.10. The Morgan fingerprint density at radius 3 is 2.31 bits per heavy atom. The quantitative estimate of drug-likeness (QED) is 0.823. The van der Waals surface area contributed by atoms with Crippen LogP contribution in [0.15, 0.2) is 53.9 Å². The number of alkyl halides is 3. The van der Waals surface area contributed by atoms with Gasteiger partial charge in [0.15, 0.2) is 0 Å². The van der Waals surface area contributed by atoms with Crippen molar-refractivity contribution in [2.75, 3.05) is 0 Å². The van der Waals surface area contributed by atoms with E-state index < -0.39 is 38.7 Å². The molecule has 0 fully saturated rings. The summed E-state index contributed by atoms with van der Waals surface area (Å²) in [6, 6.07) is 7.17. The van der Waals surface area contributed by atoms with Gasteiger partial charge < -0.3 is 9.84 Å². The molecule has 2 N–H and O–H groups in total. The van der Waals surface area contributed by atoms with Crippen molar-refractivity contribution in [3.63, 3.8) is 0 Å². The van der Waals surface area contributed by atoms with Gasteiger partial charge >= 0.3 is 6.36 Å². The molecule has 138 valence electrons. The maximum absolute atomic E-state index is 12.2. The third-order valence-corrected chi connectivity index (χ3v) is 4.44. The number of phenolic OH excluding ortho intramolecular Hbond substituents is 1. The number of benzene rings is 2. The molecule has 2 aromatic carbocycles. The number of rotatable bonds is 5. The summed E-state index contributed by atoms with van der Waals surface area (Å²) in [5.41, 5.74) is 0.169. The molecule has 2 aromatic rings. The van der Waals surface area contributed by atoms with E-state index in [1.54, 1.807) is 4.72 Å². The van der Waals surface area contributed by atoms with Crippen LogP contribution in [0, 0.1) is 0 Å². The van der Waals surface area contributed by atoms with Crippen LogP contribution in [0.1, 0.15) is 15.9 Å². The van der Waals surface area contributed by atoms with Gasteiger partial charge in [0.2, 0.25) is 0 Å².